The quantitative estimate of drug-likeness (QED) is 0.690. The van der Waals surface area contributed by atoms with Crippen LogP contribution in [0.15, 0.2) is 54.9 Å². The van der Waals surface area contributed by atoms with Crippen LogP contribution in [0.1, 0.15) is 16.7 Å². The van der Waals surface area contributed by atoms with Gasteiger partial charge < -0.3 is 15.1 Å². The molecule has 1 N–H and O–H groups in total. The maximum atomic E-state index is 12.9. The van der Waals surface area contributed by atoms with E-state index in [-0.39, 0.29) is 43.1 Å². The summed E-state index contributed by atoms with van der Waals surface area (Å²) >= 11 is 0. The lowest BCUT2D eigenvalue weighted by atomic mass is 10.1. The first-order valence-corrected chi connectivity index (χ1v) is 8.48. The average molecular weight is 446 g/mol. The number of nitrogens with one attached hydrogen (secondary N) is 1. The molecule has 0 spiro atoms. The van der Waals surface area contributed by atoms with Crippen molar-refractivity contribution in [1.82, 2.24) is 15.2 Å². The van der Waals surface area contributed by atoms with Crippen molar-refractivity contribution in [1.29, 1.82) is 0 Å². The number of nitrogens with zero attached hydrogens (tertiary/aromatic N) is 3. The Labute approximate surface area is 185 Å². The van der Waals surface area contributed by atoms with Crippen molar-refractivity contribution >= 4 is 48.8 Å². The summed E-state index contributed by atoms with van der Waals surface area (Å²) in [6.07, 6.45) is 7.10. The number of rotatable bonds is 6. The Morgan fingerprint density at radius 2 is 1.82 bits per heavy atom. The molecule has 154 valence electrons. The Hall–Kier alpha value is -1.63. The van der Waals surface area contributed by atoms with Crippen LogP contribution in [0.4, 0.5) is 5.69 Å². The van der Waals surface area contributed by atoms with E-state index in [0.717, 1.165) is 30.9 Å². The summed E-state index contributed by atoms with van der Waals surface area (Å²) in [6, 6.07) is 10.1. The Morgan fingerprint density at radius 3 is 2.50 bits per heavy atom. The zero-order valence-electron chi connectivity index (χ0n) is 16.0. The SMILES string of the molecule is CN(C)C/C=C/C(=O)N(Cc1ccncc1)c1cccc2c1CNC2.Cl.Cl.Cl. The van der Waals surface area contributed by atoms with Crippen LogP contribution in [0.3, 0.4) is 0 Å². The summed E-state index contributed by atoms with van der Waals surface area (Å²) in [6.45, 7) is 2.93. The Bertz CT molecular complexity index is 769. The third-order valence-corrected chi connectivity index (χ3v) is 4.24. The van der Waals surface area contributed by atoms with E-state index >= 15 is 0 Å². The number of hydrogen-bond donors (Lipinski definition) is 1. The molecule has 3 rings (SSSR count). The summed E-state index contributed by atoms with van der Waals surface area (Å²) in [5, 5.41) is 3.37. The summed E-state index contributed by atoms with van der Waals surface area (Å²) in [4.78, 5) is 20.9. The second-order valence-corrected chi connectivity index (χ2v) is 6.46. The van der Waals surface area contributed by atoms with E-state index in [4.69, 9.17) is 0 Å². The topological polar surface area (TPSA) is 48.5 Å². The highest BCUT2D eigenvalue weighted by molar-refractivity contribution is 6.02. The zero-order chi connectivity index (χ0) is 17.6. The molecule has 0 saturated carbocycles. The lowest BCUT2D eigenvalue weighted by Crippen LogP contribution is -2.30. The Morgan fingerprint density at radius 1 is 1.11 bits per heavy atom. The molecule has 0 fully saturated rings. The molecule has 0 bridgehead atoms. The number of pyridine rings is 1. The zero-order valence-corrected chi connectivity index (χ0v) is 18.4. The third kappa shape index (κ3) is 6.76. The van der Waals surface area contributed by atoms with Crippen molar-refractivity contribution in [2.24, 2.45) is 0 Å². The van der Waals surface area contributed by atoms with Crippen molar-refractivity contribution in [3.05, 3.63) is 71.6 Å². The Balaban J connectivity index is 0.00000243. The largest absolute Gasteiger partial charge is 0.309 e. The number of hydrogen-bond acceptors (Lipinski definition) is 4. The molecule has 0 atom stereocenters. The fourth-order valence-electron chi connectivity index (χ4n) is 2.97. The maximum Gasteiger partial charge on any atom is 0.251 e. The van der Waals surface area contributed by atoms with E-state index in [1.165, 1.54) is 11.1 Å². The van der Waals surface area contributed by atoms with Gasteiger partial charge in [0.1, 0.15) is 0 Å². The van der Waals surface area contributed by atoms with Gasteiger partial charge in [0.15, 0.2) is 0 Å². The van der Waals surface area contributed by atoms with Crippen molar-refractivity contribution in [3.8, 4) is 0 Å². The molecule has 0 saturated heterocycles. The monoisotopic (exact) mass is 444 g/mol. The maximum absolute atomic E-state index is 12.9. The van der Waals surface area contributed by atoms with Crippen LogP contribution in [0, 0.1) is 0 Å². The van der Waals surface area contributed by atoms with Crippen LogP contribution < -0.4 is 10.2 Å². The molecule has 0 aliphatic carbocycles. The summed E-state index contributed by atoms with van der Waals surface area (Å²) in [5.74, 6) is -0.000961. The van der Waals surface area contributed by atoms with Gasteiger partial charge in [0.2, 0.25) is 0 Å². The van der Waals surface area contributed by atoms with Crippen LogP contribution in [-0.2, 0) is 24.4 Å². The molecular formula is C20H27Cl3N4O. The van der Waals surface area contributed by atoms with Crippen molar-refractivity contribution in [2.75, 3.05) is 25.5 Å². The standard InChI is InChI=1S/C20H24N4O.3ClH/c1-23(2)12-4-7-20(25)24(15-16-8-10-21-11-9-16)19-6-3-5-17-13-22-14-18(17)19;;;/h3-11,22H,12-15H2,1-2H3;3*1H/b7-4+;;;. The summed E-state index contributed by atoms with van der Waals surface area (Å²) < 4.78 is 0. The van der Waals surface area contributed by atoms with Gasteiger partial charge in [-0.1, -0.05) is 18.2 Å². The molecule has 5 nitrogen and oxygen atoms in total. The van der Waals surface area contributed by atoms with E-state index in [2.05, 4.69) is 16.4 Å². The predicted molar refractivity (Wildman–Crippen MR) is 122 cm³/mol. The first kappa shape index (κ1) is 26.4. The molecule has 2 heterocycles. The van der Waals surface area contributed by atoms with E-state index < -0.39 is 0 Å². The van der Waals surface area contributed by atoms with Gasteiger partial charge in [-0.15, -0.1) is 37.2 Å². The molecule has 2 aromatic rings. The van der Waals surface area contributed by atoms with Gasteiger partial charge in [-0.2, -0.15) is 0 Å². The molecule has 1 aliphatic heterocycles. The highest BCUT2D eigenvalue weighted by atomic mass is 35.5. The number of amides is 1. The second kappa shape index (κ2) is 12.8. The van der Waals surface area contributed by atoms with E-state index in [1.807, 2.05) is 54.2 Å². The smallest absolute Gasteiger partial charge is 0.251 e. The molecule has 0 unspecified atom stereocenters. The van der Waals surface area contributed by atoms with Crippen LogP contribution in [0.5, 0.6) is 0 Å². The van der Waals surface area contributed by atoms with Gasteiger partial charge in [0.05, 0.1) is 6.54 Å². The first-order chi connectivity index (χ1) is 12.1. The van der Waals surface area contributed by atoms with Gasteiger partial charge in [-0.25, -0.2) is 0 Å². The fraction of sp³-hybridized carbons (Fsp3) is 0.300. The minimum atomic E-state index is -0.000961. The van der Waals surface area contributed by atoms with Crippen molar-refractivity contribution < 1.29 is 4.79 Å². The third-order valence-electron chi connectivity index (χ3n) is 4.24. The van der Waals surface area contributed by atoms with Crippen LogP contribution >= 0.6 is 37.2 Å². The van der Waals surface area contributed by atoms with Crippen molar-refractivity contribution in [2.45, 2.75) is 19.6 Å². The predicted octanol–water partition coefficient (Wildman–Crippen LogP) is 3.60. The number of fused-ring (bicyclic) bond motifs is 1. The lowest BCUT2D eigenvalue weighted by molar-refractivity contribution is -0.114. The fourth-order valence-corrected chi connectivity index (χ4v) is 2.97. The molecule has 1 aromatic carbocycles. The van der Waals surface area contributed by atoms with E-state index in [1.54, 1.807) is 18.5 Å². The molecule has 1 aromatic heterocycles. The Kier molecular flexibility index (Phi) is 12.0. The molecular weight excluding hydrogens is 419 g/mol. The number of likely N-dealkylation sites (N-methyl/N-ethyl adjacent to an activating group) is 1. The molecule has 28 heavy (non-hydrogen) atoms. The average Bonchev–Trinajstić information content (AvgIpc) is 3.09. The number of carbonyl (C=O) groups excluding carboxylic acids is 1. The van der Waals surface area contributed by atoms with Gasteiger partial charge in [-0.05, 0) is 49.0 Å². The summed E-state index contributed by atoms with van der Waals surface area (Å²) in [7, 11) is 3.97. The van der Waals surface area contributed by atoms with Gasteiger partial charge in [0.25, 0.3) is 5.91 Å². The second-order valence-electron chi connectivity index (χ2n) is 6.46. The first-order valence-electron chi connectivity index (χ1n) is 8.48. The highest BCUT2D eigenvalue weighted by Gasteiger charge is 2.21. The number of carbonyl (C=O) groups is 1. The number of benzene rings is 1. The lowest BCUT2D eigenvalue weighted by Gasteiger charge is -2.24. The van der Waals surface area contributed by atoms with Crippen molar-refractivity contribution in [3.63, 3.8) is 0 Å². The van der Waals surface area contributed by atoms with Crippen LogP contribution in [0.2, 0.25) is 0 Å². The normalized spacial score (nSPS) is 12.0. The molecule has 8 heteroatoms. The number of aromatic nitrogens is 1. The van der Waals surface area contributed by atoms with Gasteiger partial charge in [0, 0.05) is 43.8 Å². The number of anilines is 1. The van der Waals surface area contributed by atoms with E-state index in [9.17, 15) is 4.79 Å². The van der Waals surface area contributed by atoms with Gasteiger partial charge in [-0.3, -0.25) is 9.78 Å². The van der Waals surface area contributed by atoms with Crippen LogP contribution in [-0.4, -0.2) is 36.4 Å². The molecule has 0 radical (unpaired) electrons. The minimum absolute atomic E-state index is 0. The van der Waals surface area contributed by atoms with E-state index in [0.29, 0.717) is 6.54 Å². The van der Waals surface area contributed by atoms with Crippen LogP contribution in [0.25, 0.3) is 0 Å². The molecule has 1 amide bonds. The number of halogens is 3. The minimum Gasteiger partial charge on any atom is -0.309 e. The highest BCUT2D eigenvalue weighted by Crippen LogP contribution is 2.29. The summed E-state index contributed by atoms with van der Waals surface area (Å²) in [5.41, 5.74) is 4.53. The van der Waals surface area contributed by atoms with Gasteiger partial charge >= 0.3 is 0 Å². The molecule has 1 aliphatic rings.